The van der Waals surface area contributed by atoms with Crippen LogP contribution in [-0.2, 0) is 6.42 Å². The van der Waals surface area contributed by atoms with Gasteiger partial charge in [0.1, 0.15) is 11.6 Å². The van der Waals surface area contributed by atoms with Crippen LogP contribution < -0.4 is 5.56 Å². The van der Waals surface area contributed by atoms with E-state index in [1.807, 2.05) is 6.92 Å². The minimum absolute atomic E-state index is 0.213. The number of aromatic nitrogens is 2. The first-order valence-corrected chi connectivity index (χ1v) is 5.48. The molecule has 1 N–H and O–H groups in total. The van der Waals surface area contributed by atoms with Crippen molar-refractivity contribution in [2.24, 2.45) is 0 Å². The van der Waals surface area contributed by atoms with Crippen LogP contribution in [0.1, 0.15) is 18.2 Å². The number of H-pyrrole nitrogens is 1. The second-order valence-corrected chi connectivity index (χ2v) is 3.82. The third-order valence-electron chi connectivity index (χ3n) is 2.72. The van der Waals surface area contributed by atoms with Gasteiger partial charge in [-0.05, 0) is 25.5 Å². The molecule has 0 saturated carbocycles. The summed E-state index contributed by atoms with van der Waals surface area (Å²) in [5.41, 5.74) is 1.40. The second-order valence-electron chi connectivity index (χ2n) is 3.82. The number of halogens is 1. The van der Waals surface area contributed by atoms with Gasteiger partial charge >= 0.3 is 0 Å². The van der Waals surface area contributed by atoms with E-state index in [0.29, 0.717) is 23.2 Å². The first-order chi connectivity index (χ1) is 8.13. The molecule has 0 spiro atoms. The number of aromatic amines is 1. The number of aryl methyl sites for hydroxylation is 1. The quantitative estimate of drug-likeness (QED) is 0.864. The molecule has 0 amide bonds. The smallest absolute Gasteiger partial charge is 0.254 e. The number of benzene rings is 1. The van der Waals surface area contributed by atoms with Crippen LogP contribution in [0.25, 0.3) is 11.4 Å². The third kappa shape index (κ3) is 2.11. The van der Waals surface area contributed by atoms with Crippen molar-refractivity contribution in [2.75, 3.05) is 0 Å². The van der Waals surface area contributed by atoms with Gasteiger partial charge in [-0.1, -0.05) is 19.1 Å². The maximum atomic E-state index is 13.6. The van der Waals surface area contributed by atoms with Crippen molar-refractivity contribution in [3.05, 3.63) is 51.7 Å². The van der Waals surface area contributed by atoms with E-state index in [1.165, 1.54) is 6.07 Å². The molecular weight excluding hydrogens is 219 g/mol. The summed E-state index contributed by atoms with van der Waals surface area (Å²) >= 11 is 0. The van der Waals surface area contributed by atoms with Gasteiger partial charge in [-0.2, -0.15) is 0 Å². The van der Waals surface area contributed by atoms with Gasteiger partial charge in [0.15, 0.2) is 0 Å². The molecule has 0 fully saturated rings. The molecule has 2 rings (SSSR count). The van der Waals surface area contributed by atoms with Crippen molar-refractivity contribution < 1.29 is 4.39 Å². The lowest BCUT2D eigenvalue weighted by molar-refractivity contribution is 0.629. The normalized spacial score (nSPS) is 10.5. The third-order valence-corrected chi connectivity index (χ3v) is 2.72. The van der Waals surface area contributed by atoms with Crippen LogP contribution in [0.4, 0.5) is 4.39 Å². The average Bonchev–Trinajstić information content (AvgIpc) is 2.33. The van der Waals surface area contributed by atoms with E-state index in [1.54, 1.807) is 25.1 Å². The van der Waals surface area contributed by atoms with Crippen LogP contribution in [0.3, 0.4) is 0 Å². The Kier molecular flexibility index (Phi) is 3.04. The van der Waals surface area contributed by atoms with E-state index in [2.05, 4.69) is 9.97 Å². The van der Waals surface area contributed by atoms with Gasteiger partial charge in [-0.15, -0.1) is 0 Å². The van der Waals surface area contributed by atoms with Crippen molar-refractivity contribution in [3.8, 4) is 11.4 Å². The second kappa shape index (κ2) is 4.49. The van der Waals surface area contributed by atoms with Gasteiger partial charge in [-0.25, -0.2) is 9.37 Å². The summed E-state index contributed by atoms with van der Waals surface area (Å²) in [4.78, 5) is 18.6. The molecule has 4 heteroatoms. The largest absolute Gasteiger partial charge is 0.306 e. The lowest BCUT2D eigenvalue weighted by Gasteiger charge is -2.06. The summed E-state index contributed by atoms with van der Waals surface area (Å²) in [7, 11) is 0. The maximum Gasteiger partial charge on any atom is 0.254 e. The highest BCUT2D eigenvalue weighted by Gasteiger charge is 2.10. The number of hydrogen-bond donors (Lipinski definition) is 1. The van der Waals surface area contributed by atoms with Gasteiger partial charge in [0.05, 0.1) is 11.3 Å². The first kappa shape index (κ1) is 11.5. The van der Waals surface area contributed by atoms with Gasteiger partial charge < -0.3 is 4.98 Å². The van der Waals surface area contributed by atoms with Crippen molar-refractivity contribution in [2.45, 2.75) is 20.3 Å². The SMILES string of the molecule is CCc1nc(-c2ccccc2F)[nH]c(=O)c1C. The number of hydrogen-bond acceptors (Lipinski definition) is 2. The Labute approximate surface area is 98.3 Å². The van der Waals surface area contributed by atoms with Crippen molar-refractivity contribution in [1.82, 2.24) is 9.97 Å². The Morgan fingerprint density at radius 2 is 2.06 bits per heavy atom. The standard InChI is InChI=1S/C13H13FN2O/c1-3-11-8(2)13(17)16-12(15-11)9-6-4-5-7-10(9)14/h4-7H,3H2,1-2H3,(H,15,16,17). The minimum atomic E-state index is -0.387. The predicted octanol–water partition coefficient (Wildman–Crippen LogP) is 2.45. The van der Waals surface area contributed by atoms with Gasteiger partial charge in [0.2, 0.25) is 0 Å². The van der Waals surface area contributed by atoms with Gasteiger partial charge in [-0.3, -0.25) is 4.79 Å². The molecule has 0 radical (unpaired) electrons. The average molecular weight is 232 g/mol. The predicted molar refractivity (Wildman–Crippen MR) is 64.4 cm³/mol. The van der Waals surface area contributed by atoms with Gasteiger partial charge in [0, 0.05) is 5.56 Å². The zero-order valence-corrected chi connectivity index (χ0v) is 9.75. The summed E-state index contributed by atoms with van der Waals surface area (Å²) in [6, 6.07) is 6.26. The van der Waals surface area contributed by atoms with Crippen molar-refractivity contribution in [1.29, 1.82) is 0 Å². The van der Waals surface area contributed by atoms with Crippen molar-refractivity contribution in [3.63, 3.8) is 0 Å². The fraction of sp³-hybridized carbons (Fsp3) is 0.231. The molecule has 88 valence electrons. The van der Waals surface area contributed by atoms with E-state index in [4.69, 9.17) is 0 Å². The number of nitrogens with zero attached hydrogens (tertiary/aromatic N) is 1. The fourth-order valence-electron chi connectivity index (χ4n) is 1.70. The molecule has 0 atom stereocenters. The topological polar surface area (TPSA) is 45.8 Å². The zero-order valence-electron chi connectivity index (χ0n) is 9.75. The van der Waals surface area contributed by atoms with Crippen molar-refractivity contribution >= 4 is 0 Å². The fourth-order valence-corrected chi connectivity index (χ4v) is 1.70. The molecule has 1 aromatic heterocycles. The number of nitrogens with one attached hydrogen (secondary N) is 1. The minimum Gasteiger partial charge on any atom is -0.306 e. The highest BCUT2D eigenvalue weighted by molar-refractivity contribution is 5.55. The molecule has 0 bridgehead atoms. The molecule has 2 aromatic rings. The molecule has 0 aliphatic rings. The Balaban J connectivity index is 2.66. The van der Waals surface area contributed by atoms with E-state index in [9.17, 15) is 9.18 Å². The van der Waals surface area contributed by atoms with E-state index in [0.717, 1.165) is 0 Å². The maximum absolute atomic E-state index is 13.6. The Hall–Kier alpha value is -1.97. The molecule has 0 saturated heterocycles. The summed E-state index contributed by atoms with van der Waals surface area (Å²) in [6.07, 6.45) is 0.650. The Bertz CT molecular complexity index is 605. The lowest BCUT2D eigenvalue weighted by Crippen LogP contribution is -2.16. The van der Waals surface area contributed by atoms with Crippen LogP contribution in [-0.4, -0.2) is 9.97 Å². The molecule has 17 heavy (non-hydrogen) atoms. The first-order valence-electron chi connectivity index (χ1n) is 5.48. The molecular formula is C13H13FN2O. The van der Waals surface area contributed by atoms with E-state index < -0.39 is 0 Å². The lowest BCUT2D eigenvalue weighted by atomic mass is 10.1. The molecule has 0 unspecified atom stereocenters. The molecule has 0 aliphatic heterocycles. The van der Waals surface area contributed by atoms with Crippen LogP contribution >= 0.6 is 0 Å². The van der Waals surface area contributed by atoms with Crippen LogP contribution in [0, 0.1) is 12.7 Å². The molecule has 0 aliphatic carbocycles. The van der Waals surface area contributed by atoms with Crippen LogP contribution in [0.15, 0.2) is 29.1 Å². The van der Waals surface area contributed by atoms with E-state index >= 15 is 0 Å². The van der Waals surface area contributed by atoms with Gasteiger partial charge in [0.25, 0.3) is 5.56 Å². The van der Waals surface area contributed by atoms with Crippen LogP contribution in [0.5, 0.6) is 0 Å². The summed E-state index contributed by atoms with van der Waals surface area (Å²) in [5, 5.41) is 0. The highest BCUT2D eigenvalue weighted by Crippen LogP contribution is 2.18. The molecule has 3 nitrogen and oxygen atoms in total. The molecule has 1 heterocycles. The zero-order chi connectivity index (χ0) is 12.4. The van der Waals surface area contributed by atoms with E-state index in [-0.39, 0.29) is 17.2 Å². The molecule has 1 aromatic carbocycles. The summed E-state index contributed by atoms with van der Waals surface area (Å²) in [5.74, 6) is -0.0999. The highest BCUT2D eigenvalue weighted by atomic mass is 19.1. The monoisotopic (exact) mass is 232 g/mol. The summed E-state index contributed by atoms with van der Waals surface area (Å²) < 4.78 is 13.6. The van der Waals surface area contributed by atoms with Crippen LogP contribution in [0.2, 0.25) is 0 Å². The Morgan fingerprint density at radius 1 is 1.35 bits per heavy atom. The Morgan fingerprint density at radius 3 is 2.71 bits per heavy atom. The number of rotatable bonds is 2. The summed E-state index contributed by atoms with van der Waals surface area (Å²) in [6.45, 7) is 3.63.